The zero-order chi connectivity index (χ0) is 13.8. The molecule has 0 aromatic carbocycles. The molecule has 0 spiro atoms. The molecule has 0 radical (unpaired) electrons. The van der Waals surface area contributed by atoms with Crippen LogP contribution < -0.4 is 15.4 Å². The van der Waals surface area contributed by atoms with E-state index >= 15 is 0 Å². The molecule has 0 atom stereocenters. The summed E-state index contributed by atoms with van der Waals surface area (Å²) in [6.45, 7) is 4.90. The zero-order valence-electron chi connectivity index (χ0n) is 11.2. The summed E-state index contributed by atoms with van der Waals surface area (Å²) in [5.41, 5.74) is -0.607. The minimum absolute atomic E-state index is 0.0444. The first-order chi connectivity index (χ1) is 8.18. The van der Waals surface area contributed by atoms with Crippen molar-refractivity contribution in [1.82, 2.24) is 15.4 Å². The van der Waals surface area contributed by atoms with E-state index in [-0.39, 0.29) is 12.5 Å². The van der Waals surface area contributed by atoms with E-state index in [2.05, 4.69) is 15.4 Å². The van der Waals surface area contributed by atoms with Crippen LogP contribution >= 0.6 is 0 Å². The molecular weight excluding hydrogens is 254 g/mol. The second-order valence-corrected chi connectivity index (χ2v) is 7.36. The van der Waals surface area contributed by atoms with Crippen molar-refractivity contribution in [2.24, 2.45) is 5.92 Å². The van der Waals surface area contributed by atoms with E-state index in [0.29, 0.717) is 12.5 Å². The Morgan fingerprint density at radius 1 is 1.33 bits per heavy atom. The lowest BCUT2D eigenvalue weighted by atomic mass is 10.1. The lowest BCUT2D eigenvalue weighted by Crippen LogP contribution is -2.51. The maximum Gasteiger partial charge on any atom is 0.233 e. The number of carbonyl (C=O) groups is 1. The second kappa shape index (κ2) is 5.99. The Balaban J connectivity index is 2.16. The summed E-state index contributed by atoms with van der Waals surface area (Å²) in [7, 11) is -3.24. The van der Waals surface area contributed by atoms with Gasteiger partial charge in [0.15, 0.2) is 0 Å². The standard InChI is InChI=1S/C11H23N3O3S/c1-11(2,14-18(3,16)17)8-12-7-10(15)13-6-9-4-5-9/h9,12,14H,4-8H2,1-3H3,(H,13,15). The first-order valence-electron chi connectivity index (χ1n) is 6.14. The molecule has 3 N–H and O–H groups in total. The highest BCUT2D eigenvalue weighted by Gasteiger charge is 2.23. The molecule has 1 amide bonds. The number of nitrogens with one attached hydrogen (secondary N) is 3. The highest BCUT2D eigenvalue weighted by molar-refractivity contribution is 7.88. The lowest BCUT2D eigenvalue weighted by Gasteiger charge is -2.25. The molecule has 7 heteroatoms. The van der Waals surface area contributed by atoms with E-state index < -0.39 is 15.6 Å². The number of rotatable bonds is 8. The van der Waals surface area contributed by atoms with Gasteiger partial charge in [-0.1, -0.05) is 0 Å². The van der Waals surface area contributed by atoms with Crippen molar-refractivity contribution in [2.45, 2.75) is 32.2 Å². The summed E-state index contributed by atoms with van der Waals surface area (Å²) >= 11 is 0. The summed E-state index contributed by atoms with van der Waals surface area (Å²) in [5, 5.41) is 5.79. The molecule has 6 nitrogen and oxygen atoms in total. The highest BCUT2D eigenvalue weighted by atomic mass is 32.2. The van der Waals surface area contributed by atoms with Gasteiger partial charge in [-0.3, -0.25) is 4.79 Å². The Hall–Kier alpha value is -0.660. The molecule has 0 aliphatic heterocycles. The van der Waals surface area contributed by atoms with Crippen molar-refractivity contribution in [3.63, 3.8) is 0 Å². The molecule has 1 fully saturated rings. The minimum Gasteiger partial charge on any atom is -0.355 e. The third-order valence-corrected chi connectivity index (χ3v) is 3.52. The van der Waals surface area contributed by atoms with Crippen molar-refractivity contribution < 1.29 is 13.2 Å². The maximum absolute atomic E-state index is 11.4. The van der Waals surface area contributed by atoms with Crippen LogP contribution in [0.2, 0.25) is 0 Å². The number of carbonyl (C=O) groups excluding carboxylic acids is 1. The zero-order valence-corrected chi connectivity index (χ0v) is 12.1. The molecule has 0 aromatic heterocycles. The molecule has 1 rings (SSSR count). The van der Waals surface area contributed by atoms with E-state index in [1.54, 1.807) is 13.8 Å². The Labute approximate surface area is 109 Å². The summed E-state index contributed by atoms with van der Waals surface area (Å²) in [6.07, 6.45) is 3.54. The summed E-state index contributed by atoms with van der Waals surface area (Å²) in [4.78, 5) is 11.4. The normalized spacial score (nSPS) is 16.6. The Morgan fingerprint density at radius 3 is 2.44 bits per heavy atom. The van der Waals surface area contributed by atoms with Crippen LogP contribution in [0.25, 0.3) is 0 Å². The fourth-order valence-electron chi connectivity index (χ4n) is 1.67. The van der Waals surface area contributed by atoms with Gasteiger partial charge in [-0.2, -0.15) is 0 Å². The van der Waals surface area contributed by atoms with Gasteiger partial charge in [-0.15, -0.1) is 0 Å². The third-order valence-electron chi connectivity index (χ3n) is 2.60. The summed E-state index contributed by atoms with van der Waals surface area (Å²) in [6, 6.07) is 0. The van der Waals surface area contributed by atoms with Gasteiger partial charge in [-0.25, -0.2) is 13.1 Å². The Kier molecular flexibility index (Phi) is 5.12. The predicted molar refractivity (Wildman–Crippen MR) is 70.7 cm³/mol. The largest absolute Gasteiger partial charge is 0.355 e. The van der Waals surface area contributed by atoms with Crippen LogP contribution in [-0.2, 0) is 14.8 Å². The summed E-state index contributed by atoms with van der Waals surface area (Å²) in [5.74, 6) is 0.620. The quantitative estimate of drug-likeness (QED) is 0.554. The van der Waals surface area contributed by atoms with Crippen LogP contribution in [-0.4, -0.2) is 45.8 Å². The first kappa shape index (κ1) is 15.4. The fraction of sp³-hybridized carbons (Fsp3) is 0.909. The highest BCUT2D eigenvalue weighted by Crippen LogP contribution is 2.27. The van der Waals surface area contributed by atoms with Crippen molar-refractivity contribution >= 4 is 15.9 Å². The van der Waals surface area contributed by atoms with E-state index in [4.69, 9.17) is 0 Å². The van der Waals surface area contributed by atoms with Gasteiger partial charge >= 0.3 is 0 Å². The van der Waals surface area contributed by atoms with Crippen molar-refractivity contribution in [2.75, 3.05) is 25.9 Å². The predicted octanol–water partition coefficient (Wildman–Crippen LogP) is -0.570. The molecule has 0 heterocycles. The van der Waals surface area contributed by atoms with Crippen LogP contribution in [0, 0.1) is 5.92 Å². The second-order valence-electron chi connectivity index (χ2n) is 5.61. The van der Waals surface area contributed by atoms with Crippen LogP contribution in [0.15, 0.2) is 0 Å². The van der Waals surface area contributed by atoms with Crippen LogP contribution in [0.5, 0.6) is 0 Å². The molecule has 1 saturated carbocycles. The average molecular weight is 277 g/mol. The number of sulfonamides is 1. The van der Waals surface area contributed by atoms with E-state index in [1.165, 1.54) is 12.8 Å². The van der Waals surface area contributed by atoms with Gasteiger partial charge < -0.3 is 10.6 Å². The van der Waals surface area contributed by atoms with Gasteiger partial charge in [0, 0.05) is 18.6 Å². The first-order valence-corrected chi connectivity index (χ1v) is 8.03. The van der Waals surface area contributed by atoms with Gasteiger partial charge in [0.2, 0.25) is 15.9 Å². The fourth-order valence-corrected chi connectivity index (χ4v) is 2.75. The number of hydrogen-bond acceptors (Lipinski definition) is 4. The molecule has 106 valence electrons. The maximum atomic E-state index is 11.4. The van der Waals surface area contributed by atoms with Crippen molar-refractivity contribution in [1.29, 1.82) is 0 Å². The molecule has 18 heavy (non-hydrogen) atoms. The van der Waals surface area contributed by atoms with Gasteiger partial charge in [-0.05, 0) is 32.6 Å². The van der Waals surface area contributed by atoms with Crippen LogP contribution in [0.4, 0.5) is 0 Å². The van der Waals surface area contributed by atoms with Crippen molar-refractivity contribution in [3.8, 4) is 0 Å². The number of hydrogen-bond donors (Lipinski definition) is 3. The van der Waals surface area contributed by atoms with E-state index in [1.807, 2.05) is 0 Å². The molecule has 1 aliphatic rings. The SMILES string of the molecule is CC(C)(CNCC(=O)NCC1CC1)NS(C)(=O)=O. The topological polar surface area (TPSA) is 87.3 Å². The molecular formula is C11H23N3O3S. The van der Waals surface area contributed by atoms with Gasteiger partial charge in [0.1, 0.15) is 0 Å². The molecule has 0 bridgehead atoms. The Morgan fingerprint density at radius 2 is 1.94 bits per heavy atom. The molecule has 0 aromatic rings. The van der Waals surface area contributed by atoms with Crippen LogP contribution in [0.1, 0.15) is 26.7 Å². The molecule has 0 saturated heterocycles. The molecule has 1 aliphatic carbocycles. The lowest BCUT2D eigenvalue weighted by molar-refractivity contribution is -0.120. The smallest absolute Gasteiger partial charge is 0.233 e. The van der Waals surface area contributed by atoms with Crippen LogP contribution in [0.3, 0.4) is 0 Å². The van der Waals surface area contributed by atoms with Gasteiger partial charge in [0.25, 0.3) is 0 Å². The summed E-state index contributed by atoms with van der Waals surface area (Å²) < 4.78 is 24.7. The monoisotopic (exact) mass is 277 g/mol. The average Bonchev–Trinajstić information content (AvgIpc) is 2.93. The van der Waals surface area contributed by atoms with E-state index in [0.717, 1.165) is 12.8 Å². The third kappa shape index (κ3) is 7.62. The Bertz CT molecular complexity index is 388. The molecule has 0 unspecified atom stereocenters. The minimum atomic E-state index is -3.24. The van der Waals surface area contributed by atoms with E-state index in [9.17, 15) is 13.2 Å². The number of amides is 1. The van der Waals surface area contributed by atoms with Gasteiger partial charge in [0.05, 0.1) is 12.8 Å². The van der Waals surface area contributed by atoms with Crippen molar-refractivity contribution in [3.05, 3.63) is 0 Å².